The van der Waals surface area contributed by atoms with Gasteiger partial charge in [-0.1, -0.05) is 25.1 Å². The maximum absolute atomic E-state index is 6.07. The molecule has 0 aliphatic carbocycles. The number of nitrogens with one attached hydrogen (secondary N) is 1. The van der Waals surface area contributed by atoms with Gasteiger partial charge < -0.3 is 10.1 Å². The van der Waals surface area contributed by atoms with Gasteiger partial charge in [-0.25, -0.2) is 0 Å². The van der Waals surface area contributed by atoms with E-state index in [1.165, 1.54) is 5.56 Å². The van der Waals surface area contributed by atoms with Crippen molar-refractivity contribution in [2.75, 3.05) is 6.54 Å². The standard InChI is InChI=1S/C14H21NO/c1-4-11-7-5-6-8-13(11)16-12-9-14(2,3)15-10-12/h5-8,12,15H,4,9-10H2,1-3H3. The van der Waals surface area contributed by atoms with Crippen molar-refractivity contribution in [3.05, 3.63) is 29.8 Å². The Morgan fingerprint density at radius 3 is 2.75 bits per heavy atom. The maximum atomic E-state index is 6.07. The van der Waals surface area contributed by atoms with E-state index in [1.54, 1.807) is 0 Å². The van der Waals surface area contributed by atoms with Crippen molar-refractivity contribution in [1.29, 1.82) is 0 Å². The zero-order chi connectivity index (χ0) is 11.6. The lowest BCUT2D eigenvalue weighted by atomic mass is 10.0. The van der Waals surface area contributed by atoms with Crippen LogP contribution in [0.1, 0.15) is 32.8 Å². The summed E-state index contributed by atoms with van der Waals surface area (Å²) >= 11 is 0. The zero-order valence-corrected chi connectivity index (χ0v) is 10.4. The molecule has 1 heterocycles. The molecule has 1 aromatic carbocycles. The van der Waals surface area contributed by atoms with E-state index in [0.29, 0.717) is 6.10 Å². The first-order valence-corrected chi connectivity index (χ1v) is 6.10. The van der Waals surface area contributed by atoms with Crippen LogP contribution in [0, 0.1) is 0 Å². The maximum Gasteiger partial charge on any atom is 0.122 e. The Morgan fingerprint density at radius 1 is 1.38 bits per heavy atom. The monoisotopic (exact) mass is 219 g/mol. The van der Waals surface area contributed by atoms with Crippen molar-refractivity contribution in [3.63, 3.8) is 0 Å². The topological polar surface area (TPSA) is 21.3 Å². The normalized spacial score (nSPS) is 23.3. The Hall–Kier alpha value is -1.02. The lowest BCUT2D eigenvalue weighted by Gasteiger charge is -2.18. The van der Waals surface area contributed by atoms with Gasteiger partial charge in [0.15, 0.2) is 0 Å². The summed E-state index contributed by atoms with van der Waals surface area (Å²) in [7, 11) is 0. The molecule has 0 radical (unpaired) electrons. The fourth-order valence-corrected chi connectivity index (χ4v) is 2.28. The lowest BCUT2D eigenvalue weighted by molar-refractivity contribution is 0.212. The van der Waals surface area contributed by atoms with E-state index in [1.807, 2.05) is 6.07 Å². The van der Waals surface area contributed by atoms with E-state index in [-0.39, 0.29) is 5.54 Å². The first-order valence-electron chi connectivity index (χ1n) is 6.10. The Balaban J connectivity index is 2.04. The van der Waals surface area contributed by atoms with Crippen LogP contribution in [-0.4, -0.2) is 18.2 Å². The Morgan fingerprint density at radius 2 is 2.12 bits per heavy atom. The van der Waals surface area contributed by atoms with E-state index in [4.69, 9.17) is 4.74 Å². The quantitative estimate of drug-likeness (QED) is 0.844. The minimum atomic E-state index is 0.214. The molecule has 1 aliphatic heterocycles. The van der Waals surface area contributed by atoms with Gasteiger partial charge in [0.2, 0.25) is 0 Å². The van der Waals surface area contributed by atoms with Crippen molar-refractivity contribution >= 4 is 0 Å². The van der Waals surface area contributed by atoms with Gasteiger partial charge in [0, 0.05) is 18.5 Å². The lowest BCUT2D eigenvalue weighted by Crippen LogP contribution is -2.31. The molecule has 0 spiro atoms. The minimum Gasteiger partial charge on any atom is -0.489 e. The fourth-order valence-electron chi connectivity index (χ4n) is 2.28. The predicted octanol–water partition coefficient (Wildman–Crippen LogP) is 2.77. The summed E-state index contributed by atoms with van der Waals surface area (Å²) in [4.78, 5) is 0. The van der Waals surface area contributed by atoms with E-state index in [0.717, 1.165) is 25.1 Å². The summed E-state index contributed by atoms with van der Waals surface area (Å²) in [5, 5.41) is 3.48. The van der Waals surface area contributed by atoms with Crippen LogP contribution in [0.15, 0.2) is 24.3 Å². The Bertz CT molecular complexity index is 360. The molecule has 16 heavy (non-hydrogen) atoms. The molecule has 0 saturated carbocycles. The van der Waals surface area contributed by atoms with Gasteiger partial charge in [-0.2, -0.15) is 0 Å². The van der Waals surface area contributed by atoms with Crippen LogP contribution in [0.2, 0.25) is 0 Å². The Kier molecular flexibility index (Phi) is 3.20. The molecule has 0 aromatic heterocycles. The molecular formula is C14H21NO. The third-order valence-corrected chi connectivity index (χ3v) is 3.19. The molecule has 0 bridgehead atoms. The van der Waals surface area contributed by atoms with E-state index in [9.17, 15) is 0 Å². The number of aryl methyl sites for hydroxylation is 1. The molecule has 2 nitrogen and oxygen atoms in total. The van der Waals surface area contributed by atoms with Crippen LogP contribution in [-0.2, 0) is 6.42 Å². The van der Waals surface area contributed by atoms with Crippen molar-refractivity contribution in [2.24, 2.45) is 0 Å². The van der Waals surface area contributed by atoms with Crippen LogP contribution in [0.5, 0.6) is 5.75 Å². The molecule has 2 heteroatoms. The van der Waals surface area contributed by atoms with Crippen molar-refractivity contribution in [2.45, 2.75) is 45.3 Å². The molecule has 1 N–H and O–H groups in total. The van der Waals surface area contributed by atoms with Crippen LogP contribution in [0.25, 0.3) is 0 Å². The Labute approximate surface area is 98.0 Å². The van der Waals surface area contributed by atoms with Crippen LogP contribution in [0.3, 0.4) is 0 Å². The molecular weight excluding hydrogens is 198 g/mol. The molecule has 1 saturated heterocycles. The van der Waals surface area contributed by atoms with E-state index < -0.39 is 0 Å². The highest BCUT2D eigenvalue weighted by Gasteiger charge is 2.31. The van der Waals surface area contributed by atoms with Crippen LogP contribution < -0.4 is 10.1 Å². The average molecular weight is 219 g/mol. The van der Waals surface area contributed by atoms with Gasteiger partial charge in [-0.3, -0.25) is 0 Å². The first-order chi connectivity index (χ1) is 7.61. The largest absolute Gasteiger partial charge is 0.489 e. The third-order valence-electron chi connectivity index (χ3n) is 3.19. The molecule has 1 fully saturated rings. The van der Waals surface area contributed by atoms with Gasteiger partial charge in [0.1, 0.15) is 11.9 Å². The number of hydrogen-bond donors (Lipinski definition) is 1. The highest BCUT2D eigenvalue weighted by Crippen LogP contribution is 2.25. The van der Waals surface area contributed by atoms with Gasteiger partial charge in [-0.05, 0) is 31.9 Å². The second-order valence-corrected chi connectivity index (χ2v) is 5.17. The highest BCUT2D eigenvalue weighted by molar-refractivity contribution is 5.33. The molecule has 1 aromatic rings. The van der Waals surface area contributed by atoms with Gasteiger partial charge in [0.25, 0.3) is 0 Å². The summed E-state index contributed by atoms with van der Waals surface area (Å²) in [5.74, 6) is 1.05. The molecule has 1 atom stereocenters. The van der Waals surface area contributed by atoms with E-state index in [2.05, 4.69) is 44.3 Å². The number of rotatable bonds is 3. The summed E-state index contributed by atoms with van der Waals surface area (Å²) in [6.07, 6.45) is 2.41. The summed E-state index contributed by atoms with van der Waals surface area (Å²) < 4.78 is 6.07. The highest BCUT2D eigenvalue weighted by atomic mass is 16.5. The second kappa shape index (κ2) is 4.46. The van der Waals surface area contributed by atoms with E-state index >= 15 is 0 Å². The summed E-state index contributed by atoms with van der Waals surface area (Å²) in [5.41, 5.74) is 1.51. The molecule has 2 rings (SSSR count). The second-order valence-electron chi connectivity index (χ2n) is 5.17. The summed E-state index contributed by atoms with van der Waals surface area (Å²) in [6.45, 7) is 7.56. The van der Waals surface area contributed by atoms with Gasteiger partial charge in [0.05, 0.1) is 0 Å². The summed E-state index contributed by atoms with van der Waals surface area (Å²) in [6, 6.07) is 8.33. The van der Waals surface area contributed by atoms with Crippen LogP contribution in [0.4, 0.5) is 0 Å². The minimum absolute atomic E-state index is 0.214. The molecule has 0 amide bonds. The molecule has 1 aliphatic rings. The number of ether oxygens (including phenoxy) is 1. The van der Waals surface area contributed by atoms with Crippen molar-refractivity contribution in [3.8, 4) is 5.75 Å². The van der Waals surface area contributed by atoms with Gasteiger partial charge in [-0.15, -0.1) is 0 Å². The molecule has 88 valence electrons. The SMILES string of the molecule is CCc1ccccc1OC1CNC(C)(C)C1. The zero-order valence-electron chi connectivity index (χ0n) is 10.4. The first kappa shape index (κ1) is 11.5. The van der Waals surface area contributed by atoms with Crippen molar-refractivity contribution < 1.29 is 4.74 Å². The number of benzene rings is 1. The average Bonchev–Trinajstić information content (AvgIpc) is 2.59. The van der Waals surface area contributed by atoms with Crippen molar-refractivity contribution in [1.82, 2.24) is 5.32 Å². The third kappa shape index (κ3) is 2.56. The predicted molar refractivity (Wildman–Crippen MR) is 66.9 cm³/mol. The smallest absolute Gasteiger partial charge is 0.122 e. The molecule has 1 unspecified atom stereocenters. The number of hydrogen-bond acceptors (Lipinski definition) is 2. The van der Waals surface area contributed by atoms with Gasteiger partial charge >= 0.3 is 0 Å². The van der Waals surface area contributed by atoms with Crippen LogP contribution >= 0.6 is 0 Å². The number of para-hydroxylation sites is 1. The fraction of sp³-hybridized carbons (Fsp3) is 0.571.